The van der Waals surface area contributed by atoms with Gasteiger partial charge in [0.2, 0.25) is 5.91 Å². The Morgan fingerprint density at radius 1 is 0.880 bits per heavy atom. The Kier molecular flexibility index (Phi) is 16.0. The lowest BCUT2D eigenvalue weighted by molar-refractivity contribution is -0.121. The van der Waals surface area contributed by atoms with Crippen molar-refractivity contribution in [2.24, 2.45) is 0 Å². The molecule has 5 nitrogen and oxygen atoms in total. The molecule has 0 heterocycles. The first kappa shape index (κ1) is 24.1. The molecule has 0 saturated carbocycles. The van der Waals surface area contributed by atoms with Gasteiger partial charge in [0.05, 0.1) is 5.75 Å². The van der Waals surface area contributed by atoms with Crippen LogP contribution in [0.15, 0.2) is 12.2 Å². The number of amides is 1. The molecular weight excluding hydrogens is 338 g/mol. The first-order chi connectivity index (χ1) is 12.0. The third-order valence-corrected chi connectivity index (χ3v) is 4.82. The highest BCUT2D eigenvalue weighted by molar-refractivity contribution is 7.85. The fourth-order valence-corrected chi connectivity index (χ4v) is 2.95. The van der Waals surface area contributed by atoms with Crippen molar-refractivity contribution >= 4 is 16.0 Å². The van der Waals surface area contributed by atoms with Crippen LogP contribution < -0.4 is 5.32 Å². The zero-order chi connectivity index (χ0) is 18.8. The number of rotatable bonds is 17. The molecule has 25 heavy (non-hydrogen) atoms. The molecule has 0 spiro atoms. The Hall–Kier alpha value is -0.880. The van der Waals surface area contributed by atoms with E-state index in [1.165, 1.54) is 57.8 Å². The molecule has 6 heteroatoms. The average Bonchev–Trinajstić information content (AvgIpc) is 2.54. The average molecular weight is 376 g/mol. The fraction of sp³-hybridized carbons (Fsp3) is 0.842. The predicted molar refractivity (Wildman–Crippen MR) is 104 cm³/mol. The molecule has 0 aromatic heterocycles. The van der Waals surface area contributed by atoms with Crippen LogP contribution in [0.5, 0.6) is 0 Å². The molecular formula is C19H37NO4S. The third-order valence-electron chi connectivity index (χ3n) is 4.10. The zero-order valence-electron chi connectivity index (χ0n) is 15.8. The Morgan fingerprint density at radius 2 is 1.40 bits per heavy atom. The second-order valence-electron chi connectivity index (χ2n) is 6.62. The van der Waals surface area contributed by atoms with Crippen LogP contribution in [-0.2, 0) is 14.9 Å². The van der Waals surface area contributed by atoms with E-state index in [2.05, 4.69) is 24.4 Å². The lowest BCUT2D eigenvalue weighted by Gasteiger charge is -2.04. The minimum atomic E-state index is -3.99. The van der Waals surface area contributed by atoms with Gasteiger partial charge in [0.25, 0.3) is 10.1 Å². The second-order valence-corrected chi connectivity index (χ2v) is 8.19. The summed E-state index contributed by atoms with van der Waals surface area (Å²) >= 11 is 0. The largest absolute Gasteiger partial charge is 0.355 e. The molecule has 0 aliphatic carbocycles. The molecule has 0 rings (SSSR count). The first-order valence-electron chi connectivity index (χ1n) is 9.82. The summed E-state index contributed by atoms with van der Waals surface area (Å²) in [5, 5.41) is 2.50. The molecule has 0 aromatic carbocycles. The van der Waals surface area contributed by atoms with Gasteiger partial charge in [-0.2, -0.15) is 8.42 Å². The molecule has 0 unspecified atom stereocenters. The number of hydrogen-bond donors (Lipinski definition) is 2. The molecule has 0 aliphatic rings. The van der Waals surface area contributed by atoms with E-state index in [0.717, 1.165) is 19.3 Å². The Balaban J connectivity index is 3.27. The highest BCUT2D eigenvalue weighted by atomic mass is 32.2. The van der Waals surface area contributed by atoms with E-state index >= 15 is 0 Å². The van der Waals surface area contributed by atoms with Gasteiger partial charge >= 0.3 is 0 Å². The van der Waals surface area contributed by atoms with Gasteiger partial charge in [0.1, 0.15) is 0 Å². The normalized spacial score (nSPS) is 11.9. The highest BCUT2D eigenvalue weighted by Crippen LogP contribution is 2.10. The van der Waals surface area contributed by atoms with Gasteiger partial charge in [-0.15, -0.1) is 0 Å². The van der Waals surface area contributed by atoms with Crippen LogP contribution in [0.3, 0.4) is 0 Å². The van der Waals surface area contributed by atoms with E-state index < -0.39 is 15.9 Å². The lowest BCUT2D eigenvalue weighted by atomic mass is 10.1. The number of carbonyl (C=O) groups is 1. The van der Waals surface area contributed by atoms with Gasteiger partial charge in [-0.05, 0) is 32.1 Å². The Bertz CT molecular complexity index is 446. The molecule has 0 radical (unpaired) electrons. The predicted octanol–water partition coefficient (Wildman–Crippen LogP) is 4.64. The third kappa shape index (κ3) is 21.1. The van der Waals surface area contributed by atoms with Crippen molar-refractivity contribution in [1.82, 2.24) is 5.32 Å². The van der Waals surface area contributed by atoms with Crippen LogP contribution in [0.2, 0.25) is 0 Å². The summed E-state index contributed by atoms with van der Waals surface area (Å²) in [5.41, 5.74) is 0. The van der Waals surface area contributed by atoms with Crippen molar-refractivity contribution in [3.8, 4) is 0 Å². The van der Waals surface area contributed by atoms with E-state index in [9.17, 15) is 13.2 Å². The van der Waals surface area contributed by atoms with Crippen LogP contribution in [0.1, 0.15) is 90.4 Å². The van der Waals surface area contributed by atoms with Crippen LogP contribution in [0, 0.1) is 0 Å². The fourth-order valence-electron chi connectivity index (χ4n) is 2.59. The minimum absolute atomic E-state index is 0.0231. The van der Waals surface area contributed by atoms with Crippen molar-refractivity contribution in [3.63, 3.8) is 0 Å². The van der Waals surface area contributed by atoms with E-state index in [1.807, 2.05) is 0 Å². The summed E-state index contributed by atoms with van der Waals surface area (Å²) in [5.74, 6) is -0.568. The van der Waals surface area contributed by atoms with Crippen LogP contribution in [0.4, 0.5) is 0 Å². The van der Waals surface area contributed by atoms with Crippen molar-refractivity contribution in [1.29, 1.82) is 0 Å². The molecule has 0 atom stereocenters. The summed E-state index contributed by atoms with van der Waals surface area (Å²) in [7, 11) is -3.99. The number of hydrogen-bond acceptors (Lipinski definition) is 3. The molecule has 0 fully saturated rings. The Labute approximate surface area is 154 Å². The number of carbonyl (C=O) groups excluding carboxylic acids is 1. The van der Waals surface area contributed by atoms with Crippen LogP contribution in [-0.4, -0.2) is 31.2 Å². The SMILES string of the molecule is CCCCC/C=C\CCCCCCCCCC(=O)NCCS(=O)(=O)O. The van der Waals surface area contributed by atoms with Gasteiger partial charge in [-0.3, -0.25) is 9.35 Å². The summed E-state index contributed by atoms with van der Waals surface area (Å²) in [4.78, 5) is 11.5. The molecule has 1 amide bonds. The molecule has 148 valence electrons. The molecule has 0 aromatic rings. The number of nitrogens with one attached hydrogen (secondary N) is 1. The summed E-state index contributed by atoms with van der Waals surface area (Å²) in [6, 6.07) is 0. The molecule has 0 aliphatic heterocycles. The summed E-state index contributed by atoms with van der Waals surface area (Å²) in [6.45, 7) is 2.21. The molecule has 2 N–H and O–H groups in total. The van der Waals surface area contributed by atoms with Gasteiger partial charge in [0.15, 0.2) is 0 Å². The monoisotopic (exact) mass is 375 g/mol. The maximum absolute atomic E-state index is 11.5. The van der Waals surface area contributed by atoms with E-state index in [-0.39, 0.29) is 12.5 Å². The van der Waals surface area contributed by atoms with Crippen LogP contribution in [0.25, 0.3) is 0 Å². The molecule has 0 saturated heterocycles. The van der Waals surface area contributed by atoms with E-state index in [4.69, 9.17) is 4.55 Å². The zero-order valence-corrected chi connectivity index (χ0v) is 16.7. The number of unbranched alkanes of at least 4 members (excludes halogenated alkanes) is 10. The first-order valence-corrected chi connectivity index (χ1v) is 11.4. The highest BCUT2D eigenvalue weighted by Gasteiger charge is 2.06. The second kappa shape index (κ2) is 16.6. The topological polar surface area (TPSA) is 83.5 Å². The van der Waals surface area contributed by atoms with E-state index in [0.29, 0.717) is 6.42 Å². The summed E-state index contributed by atoms with van der Waals surface area (Å²) in [6.07, 6.45) is 19.4. The maximum Gasteiger partial charge on any atom is 0.266 e. The number of allylic oxidation sites excluding steroid dienone is 2. The smallest absolute Gasteiger partial charge is 0.266 e. The standard InChI is InChI=1S/C19H37NO4S/c1-2-3-4-5-6-7-8-9-10-11-12-13-14-15-16-19(21)20-17-18-25(22,23)24/h6-7H,2-5,8-18H2,1H3,(H,20,21)(H,22,23,24)/b7-6-. The maximum atomic E-state index is 11.5. The van der Waals surface area contributed by atoms with Crippen molar-refractivity contribution in [3.05, 3.63) is 12.2 Å². The summed E-state index contributed by atoms with van der Waals surface area (Å²) < 4.78 is 29.6. The molecule has 0 bridgehead atoms. The van der Waals surface area contributed by atoms with Gasteiger partial charge in [-0.25, -0.2) is 0 Å². The van der Waals surface area contributed by atoms with Gasteiger partial charge in [-0.1, -0.05) is 64.0 Å². The lowest BCUT2D eigenvalue weighted by Crippen LogP contribution is -2.28. The van der Waals surface area contributed by atoms with Gasteiger partial charge < -0.3 is 5.32 Å². The quantitative estimate of drug-likeness (QED) is 0.220. The van der Waals surface area contributed by atoms with Crippen molar-refractivity contribution in [2.75, 3.05) is 12.3 Å². The van der Waals surface area contributed by atoms with Crippen LogP contribution >= 0.6 is 0 Å². The van der Waals surface area contributed by atoms with Crippen molar-refractivity contribution < 1.29 is 17.8 Å². The minimum Gasteiger partial charge on any atom is -0.355 e. The van der Waals surface area contributed by atoms with E-state index in [1.54, 1.807) is 0 Å². The van der Waals surface area contributed by atoms with Gasteiger partial charge in [0, 0.05) is 13.0 Å². The Morgan fingerprint density at radius 3 is 1.96 bits per heavy atom. The van der Waals surface area contributed by atoms with Crippen molar-refractivity contribution in [2.45, 2.75) is 90.4 Å².